The van der Waals surface area contributed by atoms with Gasteiger partial charge >= 0.3 is 0 Å². The minimum Gasteiger partial charge on any atom is -0.507 e. The van der Waals surface area contributed by atoms with Crippen LogP contribution in [0.3, 0.4) is 0 Å². The summed E-state index contributed by atoms with van der Waals surface area (Å²) in [6.45, 7) is 7.21. The van der Waals surface area contributed by atoms with E-state index in [9.17, 15) is 5.11 Å². The standard InChI is InChI=1S/C17H20N4O/c1-12-8-15(10-20-6-4-18-13(20)2)17(22)16(9-12)11-21-7-5-19-14(21)3/h4-9,22H,10-11H2,1-3H3. The highest BCUT2D eigenvalue weighted by atomic mass is 16.3. The van der Waals surface area contributed by atoms with Gasteiger partial charge in [-0.1, -0.05) is 17.7 Å². The smallest absolute Gasteiger partial charge is 0.125 e. The SMILES string of the molecule is Cc1cc(Cn2ccnc2C)c(O)c(Cn2ccnc2C)c1. The third kappa shape index (κ3) is 2.74. The molecular weight excluding hydrogens is 276 g/mol. The van der Waals surface area contributed by atoms with E-state index in [4.69, 9.17) is 0 Å². The normalized spacial score (nSPS) is 11.0. The van der Waals surface area contributed by atoms with Gasteiger partial charge in [0.25, 0.3) is 0 Å². The van der Waals surface area contributed by atoms with E-state index in [1.807, 2.05) is 54.4 Å². The second kappa shape index (κ2) is 5.67. The van der Waals surface area contributed by atoms with E-state index in [1.54, 1.807) is 12.4 Å². The van der Waals surface area contributed by atoms with Gasteiger partial charge in [-0.2, -0.15) is 0 Å². The molecule has 3 aromatic rings. The Morgan fingerprint density at radius 3 is 1.68 bits per heavy atom. The predicted molar refractivity (Wildman–Crippen MR) is 85.0 cm³/mol. The third-order valence-electron chi connectivity index (χ3n) is 3.94. The molecule has 0 fully saturated rings. The number of hydrogen-bond donors (Lipinski definition) is 1. The molecule has 0 aliphatic heterocycles. The molecule has 0 amide bonds. The topological polar surface area (TPSA) is 55.9 Å². The Bertz CT molecular complexity index is 737. The van der Waals surface area contributed by atoms with Gasteiger partial charge in [0.05, 0.1) is 13.1 Å². The van der Waals surface area contributed by atoms with Crippen LogP contribution in [0.25, 0.3) is 0 Å². The maximum absolute atomic E-state index is 10.6. The van der Waals surface area contributed by atoms with Gasteiger partial charge in [0.15, 0.2) is 0 Å². The fourth-order valence-corrected chi connectivity index (χ4v) is 2.68. The van der Waals surface area contributed by atoms with Gasteiger partial charge in [-0.25, -0.2) is 9.97 Å². The quantitative estimate of drug-likeness (QED) is 0.805. The zero-order valence-electron chi connectivity index (χ0n) is 13.1. The number of benzene rings is 1. The summed E-state index contributed by atoms with van der Waals surface area (Å²) in [5, 5.41) is 10.6. The minimum absolute atomic E-state index is 0.354. The van der Waals surface area contributed by atoms with Crippen LogP contribution < -0.4 is 0 Å². The number of phenols is 1. The monoisotopic (exact) mass is 296 g/mol. The van der Waals surface area contributed by atoms with E-state index in [0.717, 1.165) is 28.3 Å². The van der Waals surface area contributed by atoms with Crippen LogP contribution in [0.1, 0.15) is 28.3 Å². The van der Waals surface area contributed by atoms with Gasteiger partial charge in [-0.3, -0.25) is 0 Å². The first-order valence-electron chi connectivity index (χ1n) is 7.31. The molecule has 2 aromatic heterocycles. The van der Waals surface area contributed by atoms with Crippen LogP contribution in [0.4, 0.5) is 0 Å². The van der Waals surface area contributed by atoms with E-state index in [1.165, 1.54) is 0 Å². The molecule has 22 heavy (non-hydrogen) atoms. The summed E-state index contributed by atoms with van der Waals surface area (Å²) in [6.07, 6.45) is 7.41. The Hall–Kier alpha value is -2.56. The Kier molecular flexibility index (Phi) is 3.71. The van der Waals surface area contributed by atoms with Crippen molar-refractivity contribution >= 4 is 0 Å². The molecule has 0 unspecified atom stereocenters. The van der Waals surface area contributed by atoms with Gasteiger partial charge in [-0.15, -0.1) is 0 Å². The largest absolute Gasteiger partial charge is 0.507 e. The summed E-state index contributed by atoms with van der Waals surface area (Å²) in [5.41, 5.74) is 2.96. The van der Waals surface area contributed by atoms with Crippen molar-refractivity contribution in [3.05, 3.63) is 65.3 Å². The molecule has 0 radical (unpaired) electrons. The fourth-order valence-electron chi connectivity index (χ4n) is 2.68. The first-order valence-corrected chi connectivity index (χ1v) is 7.31. The van der Waals surface area contributed by atoms with Crippen LogP contribution in [0.15, 0.2) is 36.9 Å². The zero-order chi connectivity index (χ0) is 15.7. The summed E-state index contributed by atoms with van der Waals surface area (Å²) in [4.78, 5) is 8.46. The molecule has 0 spiro atoms. The summed E-state index contributed by atoms with van der Waals surface area (Å²) in [5.74, 6) is 2.23. The molecule has 1 N–H and O–H groups in total. The van der Waals surface area contributed by atoms with Gasteiger partial charge in [0.2, 0.25) is 0 Å². The molecule has 0 saturated heterocycles. The molecule has 1 aromatic carbocycles. The number of hydrogen-bond acceptors (Lipinski definition) is 3. The molecule has 0 aliphatic rings. The van der Waals surface area contributed by atoms with Crippen molar-refractivity contribution < 1.29 is 5.11 Å². The number of rotatable bonds is 4. The zero-order valence-corrected chi connectivity index (χ0v) is 13.1. The van der Waals surface area contributed by atoms with Crippen LogP contribution in [0, 0.1) is 20.8 Å². The van der Waals surface area contributed by atoms with Gasteiger partial charge < -0.3 is 14.2 Å². The first kappa shape index (κ1) is 14.4. The number of aromatic hydroxyl groups is 1. The Morgan fingerprint density at radius 2 is 1.32 bits per heavy atom. The average Bonchev–Trinajstić information content (AvgIpc) is 3.05. The molecular formula is C17H20N4O. The van der Waals surface area contributed by atoms with Crippen molar-refractivity contribution in [3.8, 4) is 5.75 Å². The van der Waals surface area contributed by atoms with E-state index < -0.39 is 0 Å². The third-order valence-corrected chi connectivity index (χ3v) is 3.94. The van der Waals surface area contributed by atoms with Crippen molar-refractivity contribution in [1.29, 1.82) is 0 Å². The van der Waals surface area contributed by atoms with Crippen molar-refractivity contribution in [3.63, 3.8) is 0 Å². The second-order valence-corrected chi connectivity index (χ2v) is 5.64. The summed E-state index contributed by atoms with van der Waals surface area (Å²) in [6, 6.07) is 4.05. The Labute approximate surface area is 129 Å². The van der Waals surface area contributed by atoms with Gasteiger partial charge in [-0.05, 0) is 20.8 Å². The lowest BCUT2D eigenvalue weighted by atomic mass is 10.0. The molecule has 2 heterocycles. The highest BCUT2D eigenvalue weighted by molar-refractivity contribution is 5.44. The van der Waals surface area contributed by atoms with E-state index in [0.29, 0.717) is 18.8 Å². The van der Waals surface area contributed by atoms with Crippen LogP contribution >= 0.6 is 0 Å². The predicted octanol–water partition coefficient (Wildman–Crippen LogP) is 2.81. The fraction of sp³-hybridized carbons (Fsp3) is 0.294. The van der Waals surface area contributed by atoms with Crippen molar-refractivity contribution in [2.45, 2.75) is 33.9 Å². The van der Waals surface area contributed by atoms with Gasteiger partial charge in [0.1, 0.15) is 17.4 Å². The van der Waals surface area contributed by atoms with Crippen LogP contribution in [-0.2, 0) is 13.1 Å². The lowest BCUT2D eigenvalue weighted by molar-refractivity contribution is 0.455. The second-order valence-electron chi connectivity index (χ2n) is 5.64. The Balaban J connectivity index is 1.95. The lowest BCUT2D eigenvalue weighted by Crippen LogP contribution is -2.06. The number of imidazole rings is 2. The van der Waals surface area contributed by atoms with E-state index in [2.05, 4.69) is 9.97 Å². The molecule has 0 atom stereocenters. The van der Waals surface area contributed by atoms with Crippen LogP contribution in [0.5, 0.6) is 5.75 Å². The Morgan fingerprint density at radius 1 is 0.864 bits per heavy atom. The first-order chi connectivity index (χ1) is 10.5. The summed E-state index contributed by atoms with van der Waals surface area (Å²) < 4.78 is 4.06. The molecule has 3 rings (SSSR count). The number of aromatic nitrogens is 4. The summed E-state index contributed by atoms with van der Waals surface area (Å²) >= 11 is 0. The molecule has 0 saturated carbocycles. The van der Waals surface area contributed by atoms with Crippen molar-refractivity contribution in [1.82, 2.24) is 19.1 Å². The van der Waals surface area contributed by atoms with E-state index >= 15 is 0 Å². The molecule has 114 valence electrons. The van der Waals surface area contributed by atoms with E-state index in [-0.39, 0.29) is 0 Å². The van der Waals surface area contributed by atoms with Crippen molar-refractivity contribution in [2.24, 2.45) is 0 Å². The maximum Gasteiger partial charge on any atom is 0.125 e. The van der Waals surface area contributed by atoms with Crippen LogP contribution in [-0.4, -0.2) is 24.2 Å². The van der Waals surface area contributed by atoms with Crippen molar-refractivity contribution in [2.75, 3.05) is 0 Å². The summed E-state index contributed by atoms with van der Waals surface area (Å²) in [7, 11) is 0. The number of aryl methyl sites for hydroxylation is 3. The minimum atomic E-state index is 0.354. The lowest BCUT2D eigenvalue weighted by Gasteiger charge is -2.14. The number of phenolic OH excluding ortho intramolecular Hbond substituents is 1. The maximum atomic E-state index is 10.6. The highest BCUT2D eigenvalue weighted by Crippen LogP contribution is 2.27. The average molecular weight is 296 g/mol. The molecule has 0 bridgehead atoms. The highest BCUT2D eigenvalue weighted by Gasteiger charge is 2.11. The molecule has 5 nitrogen and oxygen atoms in total. The van der Waals surface area contributed by atoms with Crippen LogP contribution in [0.2, 0.25) is 0 Å². The number of nitrogens with zero attached hydrogens (tertiary/aromatic N) is 4. The van der Waals surface area contributed by atoms with Gasteiger partial charge in [0, 0.05) is 35.9 Å². The molecule has 0 aliphatic carbocycles. The molecule has 5 heteroatoms.